The molecule has 1 aliphatic heterocycles. The Labute approximate surface area is 172 Å². The molecule has 0 atom stereocenters. The zero-order chi connectivity index (χ0) is 21.2. The number of fused-ring (bicyclic) bond motifs is 1. The van der Waals surface area contributed by atoms with Crippen LogP contribution < -0.4 is 4.74 Å². The lowest BCUT2D eigenvalue weighted by Crippen LogP contribution is -2.49. The first-order valence-electron chi connectivity index (χ1n) is 10.8. The van der Waals surface area contributed by atoms with Gasteiger partial charge in [0.15, 0.2) is 0 Å². The largest absolute Gasteiger partial charge is 0.494 e. The molecule has 2 aromatic rings. The minimum atomic E-state index is -0.0749. The molecule has 3 rings (SSSR count). The SMILES string of the molecule is CC.Cc1cc(C)c2ccc(OCCC3(C)CC(C)(C)OC(C)(C)C3)cc2c1. The molecular weight excluding hydrogens is 344 g/mol. The molecule has 2 heteroatoms. The molecule has 1 saturated heterocycles. The van der Waals surface area contributed by atoms with Gasteiger partial charge in [0, 0.05) is 0 Å². The molecule has 0 saturated carbocycles. The Bertz CT molecular complexity index is 785. The predicted octanol–water partition coefficient (Wildman–Crippen LogP) is 7.63. The zero-order valence-electron chi connectivity index (χ0n) is 19.5. The van der Waals surface area contributed by atoms with Gasteiger partial charge in [-0.15, -0.1) is 0 Å². The summed E-state index contributed by atoms with van der Waals surface area (Å²) in [4.78, 5) is 0. The van der Waals surface area contributed by atoms with E-state index in [0.29, 0.717) is 0 Å². The highest BCUT2D eigenvalue weighted by molar-refractivity contribution is 5.87. The first-order chi connectivity index (χ1) is 13.0. The molecule has 0 aliphatic carbocycles. The number of benzene rings is 2. The Hall–Kier alpha value is -1.54. The second-order valence-corrected chi connectivity index (χ2v) is 9.85. The summed E-state index contributed by atoms with van der Waals surface area (Å²) in [6, 6.07) is 10.9. The first kappa shape index (κ1) is 22.7. The van der Waals surface area contributed by atoms with E-state index in [-0.39, 0.29) is 16.6 Å². The van der Waals surface area contributed by atoms with E-state index in [4.69, 9.17) is 9.47 Å². The third-order valence-corrected chi connectivity index (χ3v) is 5.51. The fourth-order valence-corrected chi connectivity index (χ4v) is 5.35. The molecule has 0 amide bonds. The van der Waals surface area contributed by atoms with Gasteiger partial charge in [0.2, 0.25) is 0 Å². The molecule has 0 radical (unpaired) electrons. The van der Waals surface area contributed by atoms with E-state index in [2.05, 4.69) is 78.8 Å². The van der Waals surface area contributed by atoms with Crippen LogP contribution in [0.25, 0.3) is 10.8 Å². The number of hydrogen-bond donors (Lipinski definition) is 0. The molecule has 0 N–H and O–H groups in total. The van der Waals surface area contributed by atoms with Gasteiger partial charge in [0.05, 0.1) is 17.8 Å². The summed E-state index contributed by atoms with van der Waals surface area (Å²) in [5.74, 6) is 0.969. The van der Waals surface area contributed by atoms with Crippen molar-refractivity contribution < 1.29 is 9.47 Å². The molecule has 1 fully saturated rings. The quantitative estimate of drug-likeness (QED) is 0.539. The summed E-state index contributed by atoms with van der Waals surface area (Å²) in [6.45, 7) is 20.3. The van der Waals surface area contributed by atoms with Gasteiger partial charge in [-0.3, -0.25) is 0 Å². The topological polar surface area (TPSA) is 18.5 Å². The molecule has 2 aromatic carbocycles. The van der Waals surface area contributed by atoms with E-state index in [9.17, 15) is 0 Å². The minimum absolute atomic E-state index is 0.0749. The number of ether oxygens (including phenoxy) is 2. The van der Waals surface area contributed by atoms with Gasteiger partial charge in [-0.2, -0.15) is 0 Å². The van der Waals surface area contributed by atoms with Crippen molar-refractivity contribution in [3.63, 3.8) is 0 Å². The van der Waals surface area contributed by atoms with Gasteiger partial charge < -0.3 is 9.47 Å². The van der Waals surface area contributed by atoms with Crippen LogP contribution in [0.5, 0.6) is 5.75 Å². The van der Waals surface area contributed by atoms with Gasteiger partial charge in [-0.25, -0.2) is 0 Å². The van der Waals surface area contributed by atoms with Crippen molar-refractivity contribution in [3.8, 4) is 5.75 Å². The molecule has 0 spiro atoms. The van der Waals surface area contributed by atoms with Crippen molar-refractivity contribution in [2.75, 3.05) is 6.61 Å². The normalized spacial score (nSPS) is 19.6. The van der Waals surface area contributed by atoms with E-state index in [1.807, 2.05) is 13.8 Å². The molecule has 1 heterocycles. The van der Waals surface area contributed by atoms with Gasteiger partial charge in [0.25, 0.3) is 0 Å². The number of rotatable bonds is 4. The lowest BCUT2D eigenvalue weighted by atomic mass is 9.68. The second kappa shape index (κ2) is 8.45. The predicted molar refractivity (Wildman–Crippen MR) is 121 cm³/mol. The highest BCUT2D eigenvalue weighted by Crippen LogP contribution is 2.47. The van der Waals surface area contributed by atoms with Crippen molar-refractivity contribution in [1.82, 2.24) is 0 Å². The molecule has 0 bridgehead atoms. The summed E-state index contributed by atoms with van der Waals surface area (Å²) < 4.78 is 12.4. The smallest absolute Gasteiger partial charge is 0.119 e. The molecule has 1 aliphatic rings. The van der Waals surface area contributed by atoms with E-state index in [0.717, 1.165) is 31.6 Å². The highest BCUT2D eigenvalue weighted by atomic mass is 16.5. The van der Waals surface area contributed by atoms with Crippen molar-refractivity contribution in [1.29, 1.82) is 0 Å². The van der Waals surface area contributed by atoms with Gasteiger partial charge >= 0.3 is 0 Å². The standard InChI is InChI=1S/C24H34O2.C2H6/c1-17-12-18(2)21-9-8-20(14-19(21)13-17)25-11-10-24(7)15-22(3,4)26-23(5,6)16-24;1-2/h8-9,12-14H,10-11,15-16H2,1-7H3;1-2H3. The lowest BCUT2D eigenvalue weighted by Gasteiger charge is -2.50. The Balaban J connectivity index is 0.00000136. The van der Waals surface area contributed by atoms with Crippen LogP contribution in [0.15, 0.2) is 30.3 Å². The fourth-order valence-electron chi connectivity index (χ4n) is 5.35. The van der Waals surface area contributed by atoms with Crippen molar-refractivity contribution in [2.45, 2.75) is 92.8 Å². The average Bonchev–Trinajstić information content (AvgIpc) is 2.52. The highest BCUT2D eigenvalue weighted by Gasteiger charge is 2.45. The summed E-state index contributed by atoms with van der Waals surface area (Å²) in [5.41, 5.74) is 2.72. The lowest BCUT2D eigenvalue weighted by molar-refractivity contribution is -0.195. The molecule has 0 aromatic heterocycles. The summed E-state index contributed by atoms with van der Waals surface area (Å²) >= 11 is 0. The second-order valence-electron chi connectivity index (χ2n) is 9.85. The van der Waals surface area contributed by atoms with Gasteiger partial charge in [-0.1, -0.05) is 44.5 Å². The Morgan fingerprint density at radius 1 is 0.893 bits per heavy atom. The van der Waals surface area contributed by atoms with E-state index in [1.165, 1.54) is 21.9 Å². The van der Waals surface area contributed by atoms with Crippen molar-refractivity contribution >= 4 is 10.8 Å². The van der Waals surface area contributed by atoms with E-state index >= 15 is 0 Å². The third kappa shape index (κ3) is 5.73. The maximum Gasteiger partial charge on any atom is 0.119 e. The fraction of sp³-hybridized carbons (Fsp3) is 0.615. The Morgan fingerprint density at radius 2 is 1.50 bits per heavy atom. The first-order valence-corrected chi connectivity index (χ1v) is 10.8. The third-order valence-electron chi connectivity index (χ3n) is 5.51. The van der Waals surface area contributed by atoms with Crippen LogP contribution in [0, 0.1) is 19.3 Å². The van der Waals surface area contributed by atoms with Crippen molar-refractivity contribution in [3.05, 3.63) is 41.5 Å². The molecule has 2 nitrogen and oxygen atoms in total. The summed E-state index contributed by atoms with van der Waals surface area (Å²) in [7, 11) is 0. The van der Waals surface area contributed by atoms with Crippen LogP contribution in [-0.2, 0) is 4.74 Å². The van der Waals surface area contributed by atoms with Crippen LogP contribution in [0.2, 0.25) is 0 Å². The van der Waals surface area contributed by atoms with E-state index < -0.39 is 0 Å². The van der Waals surface area contributed by atoms with Gasteiger partial charge in [0.1, 0.15) is 5.75 Å². The summed E-state index contributed by atoms with van der Waals surface area (Å²) in [6.07, 6.45) is 3.19. The van der Waals surface area contributed by atoms with Crippen LogP contribution in [0.1, 0.15) is 78.9 Å². The molecule has 28 heavy (non-hydrogen) atoms. The monoisotopic (exact) mass is 384 g/mol. The average molecular weight is 385 g/mol. The van der Waals surface area contributed by atoms with Crippen LogP contribution in [0.3, 0.4) is 0 Å². The minimum Gasteiger partial charge on any atom is -0.494 e. The van der Waals surface area contributed by atoms with Crippen LogP contribution in [0.4, 0.5) is 0 Å². The maximum absolute atomic E-state index is 6.25. The van der Waals surface area contributed by atoms with Crippen LogP contribution in [-0.4, -0.2) is 17.8 Å². The molecule has 156 valence electrons. The zero-order valence-corrected chi connectivity index (χ0v) is 19.5. The maximum atomic E-state index is 6.25. The Kier molecular flexibility index (Phi) is 6.86. The molecule has 0 unspecified atom stereocenters. The van der Waals surface area contributed by atoms with Gasteiger partial charge in [-0.05, 0) is 94.7 Å². The van der Waals surface area contributed by atoms with Crippen LogP contribution >= 0.6 is 0 Å². The molecular formula is C26H40O2. The number of aryl methyl sites for hydroxylation is 2. The Morgan fingerprint density at radius 3 is 2.11 bits per heavy atom. The number of hydrogen-bond acceptors (Lipinski definition) is 2. The summed E-state index contributed by atoms with van der Waals surface area (Å²) in [5, 5.41) is 2.57. The van der Waals surface area contributed by atoms with E-state index in [1.54, 1.807) is 0 Å². The van der Waals surface area contributed by atoms with Crippen molar-refractivity contribution in [2.24, 2.45) is 5.41 Å².